The van der Waals surface area contributed by atoms with Gasteiger partial charge in [-0.1, -0.05) is 49.3 Å². The van der Waals surface area contributed by atoms with Gasteiger partial charge in [0.1, 0.15) is 41.0 Å². The van der Waals surface area contributed by atoms with E-state index in [1.807, 2.05) is 6.08 Å². The molecule has 4 aliphatic rings. The molecule has 6 rings (SSSR count). The number of carbonyl (C=O) groups is 5. The molecule has 17 heteroatoms. The van der Waals surface area contributed by atoms with Crippen molar-refractivity contribution in [3.05, 3.63) is 82.9 Å². The Morgan fingerprint density at radius 3 is 2.48 bits per heavy atom. The van der Waals surface area contributed by atoms with Gasteiger partial charge in [0, 0.05) is 24.4 Å². The molecule has 0 bridgehead atoms. The minimum Gasteiger partial charge on any atom is -0.444 e. The predicted octanol–water partition coefficient (Wildman–Crippen LogP) is 4.32. The Kier molecular flexibility index (Phi) is 11.7. The third-order valence-electron chi connectivity index (χ3n) is 10.3. The molecule has 3 aliphatic heterocycles. The van der Waals surface area contributed by atoms with Gasteiger partial charge in [0.15, 0.2) is 0 Å². The van der Waals surface area contributed by atoms with Crippen LogP contribution in [0.5, 0.6) is 0 Å². The summed E-state index contributed by atoms with van der Waals surface area (Å²) in [5.74, 6) is -4.61. The molecule has 56 heavy (non-hydrogen) atoms. The zero-order valence-corrected chi connectivity index (χ0v) is 32.3. The summed E-state index contributed by atoms with van der Waals surface area (Å²) >= 11 is 0. The number of fused-ring (bicyclic) bond motifs is 3. The lowest BCUT2D eigenvalue weighted by molar-refractivity contribution is -0.141. The standard InChI is InChI=1S/C39H47F2N5O9S/c1-38(2,3)55-36(50)42-31-13-8-6-4-5-7-11-26-19-39(26,35(49)44-56(52,53)23-24-14-16-27(40)17-15-24)43-33(47)32-18-28(21-46(32)34(31)48)54-37(51)45-20-25-10-9-12-30(41)29(25)22-45/h7,9-12,14-17,26,28,31-32H,4-6,8,13,18-23H2,1-3H3,(H,42,50)(H,43,47)(H,44,49)/b11-7-/t26-,28-,31+,32+,39-/m1/s1. The number of amides is 5. The molecular formula is C39H47F2N5O9S. The molecule has 1 saturated carbocycles. The van der Waals surface area contributed by atoms with Gasteiger partial charge in [0.05, 0.1) is 18.8 Å². The average molecular weight is 800 g/mol. The molecule has 0 aromatic heterocycles. The number of halogens is 2. The first-order chi connectivity index (χ1) is 26.4. The molecular weight excluding hydrogens is 753 g/mol. The summed E-state index contributed by atoms with van der Waals surface area (Å²) in [7, 11) is -4.30. The van der Waals surface area contributed by atoms with E-state index in [1.54, 1.807) is 39.0 Å². The normalized spacial score (nSPS) is 26.0. The molecule has 302 valence electrons. The summed E-state index contributed by atoms with van der Waals surface area (Å²) in [5, 5.41) is 5.39. The van der Waals surface area contributed by atoms with Gasteiger partial charge in [-0.2, -0.15) is 0 Å². The van der Waals surface area contributed by atoms with Crippen LogP contribution < -0.4 is 15.4 Å². The zero-order valence-electron chi connectivity index (χ0n) is 31.5. The highest BCUT2D eigenvalue weighted by molar-refractivity contribution is 7.89. The fraction of sp³-hybridized carbons (Fsp3) is 0.513. The zero-order chi connectivity index (χ0) is 40.4. The van der Waals surface area contributed by atoms with Crippen molar-refractivity contribution in [2.24, 2.45) is 5.92 Å². The number of benzene rings is 2. The van der Waals surface area contributed by atoms with E-state index in [-0.39, 0.29) is 44.5 Å². The average Bonchev–Trinajstić information content (AvgIpc) is 3.40. The number of sulfonamides is 1. The Bertz CT molecular complexity index is 2010. The predicted molar refractivity (Wildman–Crippen MR) is 198 cm³/mol. The molecule has 3 N–H and O–H groups in total. The molecule has 0 radical (unpaired) electrons. The number of hydrogen-bond donors (Lipinski definition) is 3. The van der Waals surface area contributed by atoms with Gasteiger partial charge in [0.2, 0.25) is 21.8 Å². The van der Waals surface area contributed by atoms with Crippen LogP contribution in [0.4, 0.5) is 18.4 Å². The van der Waals surface area contributed by atoms with Crippen molar-refractivity contribution < 1.29 is 50.6 Å². The first-order valence-corrected chi connectivity index (χ1v) is 20.4. The Morgan fingerprint density at radius 1 is 1.02 bits per heavy atom. The maximum absolute atomic E-state index is 14.5. The number of alkyl carbamates (subject to hydrolysis) is 1. The number of rotatable bonds is 6. The van der Waals surface area contributed by atoms with E-state index < -0.39 is 92.6 Å². The summed E-state index contributed by atoms with van der Waals surface area (Å²) in [6.45, 7) is 4.87. The van der Waals surface area contributed by atoms with E-state index in [9.17, 15) is 41.2 Å². The number of ether oxygens (including phenoxy) is 2. The molecule has 5 amide bonds. The van der Waals surface area contributed by atoms with Crippen LogP contribution in [0, 0.1) is 17.6 Å². The fourth-order valence-electron chi connectivity index (χ4n) is 7.41. The number of carbonyl (C=O) groups excluding carboxylic acids is 5. The van der Waals surface area contributed by atoms with Crippen LogP contribution in [0.1, 0.15) is 82.4 Å². The Morgan fingerprint density at radius 2 is 1.77 bits per heavy atom. The SMILES string of the molecule is CC(C)(C)OC(=O)N[C@H]1CCCCC/C=C\[C@@H]2C[C@@]2(C(=O)NS(=O)(=O)Cc2ccc(F)cc2)NC(=O)[C@@H]2C[C@@H](OC(=O)N3Cc4cccc(F)c4C3)CN2C1=O. The van der Waals surface area contributed by atoms with Crippen LogP contribution >= 0.6 is 0 Å². The fourth-order valence-corrected chi connectivity index (χ4v) is 8.58. The summed E-state index contributed by atoms with van der Waals surface area (Å²) in [6.07, 6.45) is 3.65. The van der Waals surface area contributed by atoms with Crippen molar-refractivity contribution in [2.45, 2.75) is 114 Å². The van der Waals surface area contributed by atoms with Crippen LogP contribution in [-0.4, -0.2) is 84.0 Å². The topological polar surface area (TPSA) is 181 Å². The molecule has 0 spiro atoms. The van der Waals surface area contributed by atoms with Gasteiger partial charge in [-0.25, -0.2) is 26.8 Å². The highest BCUT2D eigenvalue weighted by Crippen LogP contribution is 2.46. The van der Waals surface area contributed by atoms with E-state index in [4.69, 9.17) is 9.47 Å². The van der Waals surface area contributed by atoms with Crippen LogP contribution in [0.15, 0.2) is 54.6 Å². The van der Waals surface area contributed by atoms with Crippen molar-refractivity contribution in [2.75, 3.05) is 6.54 Å². The Balaban J connectivity index is 1.25. The number of allylic oxidation sites excluding steroid dienone is 1. The summed E-state index contributed by atoms with van der Waals surface area (Å²) in [4.78, 5) is 71.3. The van der Waals surface area contributed by atoms with E-state index >= 15 is 0 Å². The van der Waals surface area contributed by atoms with Crippen LogP contribution in [0.2, 0.25) is 0 Å². The van der Waals surface area contributed by atoms with Crippen molar-refractivity contribution in [3.8, 4) is 0 Å². The quantitative estimate of drug-likeness (QED) is 0.359. The largest absolute Gasteiger partial charge is 0.444 e. The molecule has 2 aromatic rings. The van der Waals surface area contributed by atoms with Crippen molar-refractivity contribution in [1.29, 1.82) is 0 Å². The molecule has 2 aromatic carbocycles. The first-order valence-electron chi connectivity index (χ1n) is 18.7. The lowest BCUT2D eigenvalue weighted by Gasteiger charge is -2.30. The van der Waals surface area contributed by atoms with E-state index in [0.29, 0.717) is 36.8 Å². The maximum atomic E-state index is 14.5. The van der Waals surface area contributed by atoms with Gasteiger partial charge in [0.25, 0.3) is 5.91 Å². The van der Waals surface area contributed by atoms with E-state index in [1.165, 1.54) is 28.0 Å². The highest BCUT2D eigenvalue weighted by Gasteiger charge is 2.61. The van der Waals surface area contributed by atoms with E-state index in [2.05, 4.69) is 15.4 Å². The minimum absolute atomic E-state index is 0.0292. The van der Waals surface area contributed by atoms with Gasteiger partial charge >= 0.3 is 12.2 Å². The van der Waals surface area contributed by atoms with Gasteiger partial charge in [-0.3, -0.25) is 24.0 Å². The van der Waals surface area contributed by atoms with Gasteiger partial charge < -0.3 is 25.0 Å². The molecule has 2 fully saturated rings. The lowest BCUT2D eigenvalue weighted by Crippen LogP contribution is -2.58. The second-order valence-corrected chi connectivity index (χ2v) is 17.6. The third-order valence-corrected chi connectivity index (χ3v) is 11.5. The second kappa shape index (κ2) is 16.2. The van der Waals surface area contributed by atoms with Gasteiger partial charge in [-0.05, 0) is 75.8 Å². The molecule has 0 unspecified atom stereocenters. The Hall–Kier alpha value is -5.06. The number of hydrogen-bond acceptors (Lipinski definition) is 9. The molecule has 14 nitrogen and oxygen atoms in total. The highest BCUT2D eigenvalue weighted by atomic mass is 32.2. The molecule has 3 heterocycles. The smallest absolute Gasteiger partial charge is 0.410 e. The molecule has 1 saturated heterocycles. The van der Waals surface area contributed by atoms with Crippen molar-refractivity contribution >= 4 is 39.9 Å². The first kappa shape index (κ1) is 40.6. The number of nitrogens with zero attached hydrogens (tertiary/aromatic N) is 2. The second-order valence-electron chi connectivity index (χ2n) is 15.8. The minimum atomic E-state index is -4.30. The third kappa shape index (κ3) is 9.65. The summed E-state index contributed by atoms with van der Waals surface area (Å²) in [6, 6.07) is 6.91. The number of nitrogens with one attached hydrogen (secondary N) is 3. The lowest BCUT2D eigenvalue weighted by atomic mass is 10.0. The van der Waals surface area contributed by atoms with E-state index in [0.717, 1.165) is 12.1 Å². The van der Waals surface area contributed by atoms with Crippen molar-refractivity contribution in [3.63, 3.8) is 0 Å². The van der Waals surface area contributed by atoms with Crippen LogP contribution in [0.25, 0.3) is 0 Å². The Labute approximate surface area is 324 Å². The summed E-state index contributed by atoms with van der Waals surface area (Å²) in [5.41, 5.74) is -1.32. The monoisotopic (exact) mass is 799 g/mol. The van der Waals surface area contributed by atoms with Gasteiger partial charge in [-0.15, -0.1) is 0 Å². The molecule has 5 atom stereocenters. The maximum Gasteiger partial charge on any atom is 0.410 e. The van der Waals surface area contributed by atoms with Crippen molar-refractivity contribution in [1.82, 2.24) is 25.2 Å². The molecule has 1 aliphatic carbocycles. The van der Waals surface area contributed by atoms with Crippen LogP contribution in [0.3, 0.4) is 0 Å². The summed E-state index contributed by atoms with van der Waals surface area (Å²) < 4.78 is 67.5. The van der Waals surface area contributed by atoms with Crippen LogP contribution in [-0.2, 0) is 52.7 Å².